The van der Waals surface area contributed by atoms with Crippen molar-refractivity contribution in [1.29, 1.82) is 0 Å². The Morgan fingerprint density at radius 1 is 1.05 bits per heavy atom. The van der Waals surface area contributed by atoms with E-state index < -0.39 is 0 Å². The Morgan fingerprint density at radius 2 is 1.63 bits per heavy atom. The molecule has 2 rings (SSSR count). The van der Waals surface area contributed by atoms with Gasteiger partial charge in [0.05, 0.1) is 16.7 Å². The molecule has 0 aliphatic rings. The van der Waals surface area contributed by atoms with Crippen LogP contribution < -0.4 is 5.32 Å². The zero-order chi connectivity index (χ0) is 13.5. The monoisotopic (exact) mass is 254 g/mol. The van der Waals surface area contributed by atoms with E-state index in [1.54, 1.807) is 24.3 Å². The number of nitrogens with zero attached hydrogens (tertiary/aromatic N) is 1. The summed E-state index contributed by atoms with van der Waals surface area (Å²) in [5.74, 6) is 0. The molecule has 0 bridgehead atoms. The molecule has 0 radical (unpaired) electrons. The maximum atomic E-state index is 11.0. The summed E-state index contributed by atoms with van der Waals surface area (Å²) in [6.45, 7) is 0.561. The van der Waals surface area contributed by atoms with Gasteiger partial charge in [-0.2, -0.15) is 0 Å². The molecule has 0 saturated carbocycles. The second kappa shape index (κ2) is 6.35. The maximum absolute atomic E-state index is 11.0. The predicted molar refractivity (Wildman–Crippen MR) is 74.7 cm³/mol. The van der Waals surface area contributed by atoms with E-state index in [1.165, 1.54) is 6.20 Å². The Balaban J connectivity index is 2.08. The van der Waals surface area contributed by atoms with Crippen molar-refractivity contribution < 1.29 is 4.92 Å². The SMILES string of the molecule is O=[N+]([O-])/C(=C\NCc1ccccc1)c1ccccc1. The van der Waals surface area contributed by atoms with E-state index in [0.29, 0.717) is 12.1 Å². The summed E-state index contributed by atoms with van der Waals surface area (Å²) < 4.78 is 0. The summed E-state index contributed by atoms with van der Waals surface area (Å²) >= 11 is 0. The lowest BCUT2D eigenvalue weighted by atomic mass is 10.2. The summed E-state index contributed by atoms with van der Waals surface area (Å²) in [7, 11) is 0. The Hall–Kier alpha value is -2.62. The van der Waals surface area contributed by atoms with E-state index in [-0.39, 0.29) is 10.6 Å². The van der Waals surface area contributed by atoms with Crippen LogP contribution in [0, 0.1) is 10.1 Å². The third kappa shape index (κ3) is 3.67. The van der Waals surface area contributed by atoms with Crippen LogP contribution in [0.2, 0.25) is 0 Å². The van der Waals surface area contributed by atoms with Gasteiger partial charge < -0.3 is 5.32 Å². The highest BCUT2D eigenvalue weighted by Gasteiger charge is 2.12. The third-order valence-corrected chi connectivity index (χ3v) is 2.65. The van der Waals surface area contributed by atoms with E-state index in [9.17, 15) is 10.1 Å². The minimum absolute atomic E-state index is 0.0662. The minimum Gasteiger partial charge on any atom is -0.381 e. The highest BCUT2D eigenvalue weighted by atomic mass is 16.6. The van der Waals surface area contributed by atoms with Crippen molar-refractivity contribution in [2.75, 3.05) is 0 Å². The molecule has 0 saturated heterocycles. The lowest BCUT2D eigenvalue weighted by Gasteiger charge is -2.02. The molecule has 0 aliphatic carbocycles. The molecule has 0 amide bonds. The van der Waals surface area contributed by atoms with Crippen molar-refractivity contribution in [3.05, 3.63) is 88.1 Å². The Kier molecular flexibility index (Phi) is 4.29. The Bertz CT molecular complexity index is 565. The molecule has 19 heavy (non-hydrogen) atoms. The molecule has 0 unspecified atom stereocenters. The predicted octanol–water partition coefficient (Wildman–Crippen LogP) is 3.05. The van der Waals surface area contributed by atoms with E-state index in [0.717, 1.165) is 5.56 Å². The van der Waals surface area contributed by atoms with E-state index >= 15 is 0 Å². The fraction of sp³-hybridized carbons (Fsp3) is 0.0667. The first-order chi connectivity index (χ1) is 9.27. The van der Waals surface area contributed by atoms with Crippen molar-refractivity contribution in [2.24, 2.45) is 0 Å². The average molecular weight is 254 g/mol. The Labute approximate surface area is 111 Å². The van der Waals surface area contributed by atoms with Crippen molar-refractivity contribution in [1.82, 2.24) is 5.32 Å². The molecule has 2 aromatic carbocycles. The lowest BCUT2D eigenvalue weighted by molar-refractivity contribution is -0.375. The zero-order valence-corrected chi connectivity index (χ0v) is 10.3. The second-order valence-electron chi connectivity index (χ2n) is 4.02. The standard InChI is InChI=1S/C15H14N2O2/c18-17(19)15(14-9-5-2-6-10-14)12-16-11-13-7-3-1-4-8-13/h1-10,12,16H,11H2/b15-12-. The van der Waals surface area contributed by atoms with E-state index in [4.69, 9.17) is 0 Å². The number of nitro groups is 1. The molecule has 0 aliphatic heterocycles. The van der Waals surface area contributed by atoms with Crippen LogP contribution in [0.15, 0.2) is 66.9 Å². The van der Waals surface area contributed by atoms with Gasteiger partial charge in [-0.25, -0.2) is 0 Å². The quantitative estimate of drug-likeness (QED) is 0.659. The largest absolute Gasteiger partial charge is 0.381 e. The molecule has 0 heterocycles. The minimum atomic E-state index is -0.382. The van der Waals surface area contributed by atoms with Gasteiger partial charge in [0.25, 0.3) is 5.70 Å². The van der Waals surface area contributed by atoms with Gasteiger partial charge in [0.1, 0.15) is 0 Å². The van der Waals surface area contributed by atoms with Crippen molar-refractivity contribution in [2.45, 2.75) is 6.54 Å². The smallest absolute Gasteiger partial charge is 0.292 e. The highest BCUT2D eigenvalue weighted by Crippen LogP contribution is 2.13. The van der Waals surface area contributed by atoms with Crippen LogP contribution in [0.5, 0.6) is 0 Å². The highest BCUT2D eigenvalue weighted by molar-refractivity contribution is 5.57. The molecule has 2 aromatic rings. The number of hydrogen-bond donors (Lipinski definition) is 1. The molecular weight excluding hydrogens is 240 g/mol. The van der Waals surface area contributed by atoms with Crippen LogP contribution >= 0.6 is 0 Å². The molecule has 4 nitrogen and oxygen atoms in total. The Morgan fingerprint density at radius 3 is 2.21 bits per heavy atom. The van der Waals surface area contributed by atoms with Gasteiger partial charge in [0.15, 0.2) is 0 Å². The first-order valence-corrected chi connectivity index (χ1v) is 5.94. The molecule has 0 spiro atoms. The number of hydrogen-bond acceptors (Lipinski definition) is 3. The topological polar surface area (TPSA) is 55.2 Å². The summed E-state index contributed by atoms with van der Waals surface area (Å²) in [5, 5.41) is 14.0. The van der Waals surface area contributed by atoms with E-state index in [1.807, 2.05) is 36.4 Å². The second-order valence-corrected chi connectivity index (χ2v) is 4.02. The fourth-order valence-corrected chi connectivity index (χ4v) is 1.71. The zero-order valence-electron chi connectivity index (χ0n) is 10.3. The van der Waals surface area contributed by atoms with Crippen LogP contribution in [0.4, 0.5) is 0 Å². The lowest BCUT2D eigenvalue weighted by Crippen LogP contribution is -2.09. The summed E-state index contributed by atoms with van der Waals surface area (Å²) in [4.78, 5) is 10.7. The first-order valence-electron chi connectivity index (χ1n) is 5.94. The summed E-state index contributed by atoms with van der Waals surface area (Å²) in [5.41, 5.74) is 1.74. The third-order valence-electron chi connectivity index (χ3n) is 2.65. The van der Waals surface area contributed by atoms with Crippen LogP contribution in [-0.2, 0) is 6.54 Å². The molecule has 0 atom stereocenters. The van der Waals surface area contributed by atoms with Crippen LogP contribution in [0.3, 0.4) is 0 Å². The van der Waals surface area contributed by atoms with Crippen molar-refractivity contribution in [3.63, 3.8) is 0 Å². The summed E-state index contributed by atoms with van der Waals surface area (Å²) in [6.07, 6.45) is 1.45. The van der Waals surface area contributed by atoms with Crippen LogP contribution in [0.1, 0.15) is 11.1 Å². The van der Waals surface area contributed by atoms with Crippen LogP contribution in [-0.4, -0.2) is 4.92 Å². The molecule has 0 fully saturated rings. The van der Waals surface area contributed by atoms with Crippen molar-refractivity contribution in [3.8, 4) is 0 Å². The van der Waals surface area contributed by atoms with Gasteiger partial charge >= 0.3 is 0 Å². The number of nitrogens with one attached hydrogen (secondary N) is 1. The van der Waals surface area contributed by atoms with Gasteiger partial charge in [-0.1, -0.05) is 48.5 Å². The number of rotatable bonds is 5. The van der Waals surface area contributed by atoms with Gasteiger partial charge in [0, 0.05) is 6.54 Å². The normalized spacial score (nSPS) is 11.1. The van der Waals surface area contributed by atoms with Gasteiger partial charge in [-0.15, -0.1) is 0 Å². The molecule has 96 valence electrons. The number of benzene rings is 2. The molecule has 0 aromatic heterocycles. The first kappa shape index (κ1) is 12.8. The van der Waals surface area contributed by atoms with E-state index in [2.05, 4.69) is 5.32 Å². The summed E-state index contributed by atoms with van der Waals surface area (Å²) in [6, 6.07) is 18.6. The fourth-order valence-electron chi connectivity index (χ4n) is 1.71. The van der Waals surface area contributed by atoms with Gasteiger partial charge in [0.2, 0.25) is 0 Å². The van der Waals surface area contributed by atoms with Crippen LogP contribution in [0.25, 0.3) is 5.70 Å². The maximum Gasteiger partial charge on any atom is 0.292 e. The average Bonchev–Trinajstić information content (AvgIpc) is 2.45. The molecule has 1 N–H and O–H groups in total. The molecular formula is C15H14N2O2. The van der Waals surface area contributed by atoms with Gasteiger partial charge in [-0.05, 0) is 17.7 Å². The van der Waals surface area contributed by atoms with Crippen molar-refractivity contribution >= 4 is 5.70 Å². The molecule has 4 heteroatoms. The van der Waals surface area contributed by atoms with Gasteiger partial charge in [-0.3, -0.25) is 10.1 Å².